The zero-order valence-corrected chi connectivity index (χ0v) is 16.1. The number of pyridine rings is 1. The molecule has 3 rings (SSSR count). The minimum absolute atomic E-state index is 0.304. The van der Waals surface area contributed by atoms with E-state index in [2.05, 4.69) is 25.2 Å². The van der Waals surface area contributed by atoms with Crippen LogP contribution < -0.4 is 4.74 Å². The molecule has 0 radical (unpaired) electrons. The number of ether oxygens (including phenoxy) is 1. The van der Waals surface area contributed by atoms with Gasteiger partial charge < -0.3 is 9.84 Å². The lowest BCUT2D eigenvalue weighted by molar-refractivity contribution is -0.208. The van der Waals surface area contributed by atoms with Gasteiger partial charge in [0, 0.05) is 11.6 Å². The number of nitrogens with zero attached hydrogens (tertiary/aromatic N) is 5. The zero-order valence-electron chi connectivity index (χ0n) is 16.1. The van der Waals surface area contributed by atoms with Crippen molar-refractivity contribution in [2.24, 2.45) is 0 Å². The number of aliphatic hydroxyl groups is 1. The van der Waals surface area contributed by atoms with Crippen molar-refractivity contribution in [2.75, 3.05) is 0 Å². The maximum atomic E-state index is 15.5. The molecule has 32 heavy (non-hydrogen) atoms. The summed E-state index contributed by atoms with van der Waals surface area (Å²) in [5.41, 5.74) is -5.47. The molecule has 0 amide bonds. The highest BCUT2D eigenvalue weighted by Gasteiger charge is 2.58. The minimum atomic E-state index is -4.70. The summed E-state index contributed by atoms with van der Waals surface area (Å²) in [5, 5.41) is 20.8. The topological polar surface area (TPSA) is 86.0 Å². The van der Waals surface area contributed by atoms with Crippen molar-refractivity contribution in [1.29, 1.82) is 0 Å². The molecule has 7 nitrogen and oxygen atoms in total. The highest BCUT2D eigenvalue weighted by molar-refractivity contribution is 5.32. The second kappa shape index (κ2) is 8.33. The summed E-state index contributed by atoms with van der Waals surface area (Å²) >= 11 is 0. The first-order chi connectivity index (χ1) is 14.8. The van der Waals surface area contributed by atoms with E-state index < -0.39 is 59.0 Å². The Morgan fingerprint density at radius 2 is 1.81 bits per heavy atom. The Morgan fingerprint density at radius 1 is 1.09 bits per heavy atom. The van der Waals surface area contributed by atoms with Crippen LogP contribution in [0.25, 0.3) is 0 Å². The van der Waals surface area contributed by atoms with Crippen molar-refractivity contribution in [2.45, 2.75) is 37.3 Å². The molecule has 3 aromatic rings. The Labute approximate surface area is 175 Å². The van der Waals surface area contributed by atoms with E-state index in [9.17, 15) is 27.1 Å². The average molecular weight is 465 g/mol. The molecule has 0 aliphatic heterocycles. The summed E-state index contributed by atoms with van der Waals surface area (Å²) in [6.07, 6.45) is -5.45. The molecule has 0 aliphatic rings. The zero-order chi connectivity index (χ0) is 23.7. The lowest BCUT2D eigenvalue weighted by atomic mass is 9.84. The van der Waals surface area contributed by atoms with Gasteiger partial charge in [0.2, 0.25) is 0 Å². The molecule has 0 saturated carbocycles. The first-order valence-electron chi connectivity index (χ1n) is 8.81. The Hall–Kier alpha value is -3.29. The van der Waals surface area contributed by atoms with E-state index in [1.54, 1.807) is 0 Å². The van der Waals surface area contributed by atoms with Crippen LogP contribution in [0.2, 0.25) is 0 Å². The molecule has 0 bridgehead atoms. The molecule has 1 aromatic carbocycles. The number of benzene rings is 1. The summed E-state index contributed by atoms with van der Waals surface area (Å²) in [5.74, 6) is -7.35. The predicted molar refractivity (Wildman–Crippen MR) is 92.3 cm³/mol. The SMILES string of the molecule is CC(Oc1ccc(C(F)(F)C(O)(Cn2cnnn2)c2ccc(F)cc2F)nc1)C(F)(F)F. The normalized spacial score (nSPS) is 15.3. The summed E-state index contributed by atoms with van der Waals surface area (Å²) < 4.78 is 102. The quantitative estimate of drug-likeness (QED) is 0.539. The molecule has 2 heterocycles. The van der Waals surface area contributed by atoms with Crippen molar-refractivity contribution in [3.63, 3.8) is 0 Å². The average Bonchev–Trinajstić information content (AvgIpc) is 3.20. The second-order valence-electron chi connectivity index (χ2n) is 6.75. The maximum absolute atomic E-state index is 15.5. The van der Waals surface area contributed by atoms with Gasteiger partial charge >= 0.3 is 12.1 Å². The number of hydrogen-bond acceptors (Lipinski definition) is 6. The summed E-state index contributed by atoms with van der Waals surface area (Å²) in [6, 6.07) is 3.01. The smallest absolute Gasteiger partial charge is 0.425 e. The van der Waals surface area contributed by atoms with E-state index >= 15 is 8.78 Å². The van der Waals surface area contributed by atoms with Crippen LogP contribution in [0.5, 0.6) is 5.75 Å². The van der Waals surface area contributed by atoms with Crippen LogP contribution in [-0.2, 0) is 18.1 Å². The lowest BCUT2D eigenvalue weighted by Gasteiger charge is -2.35. The summed E-state index contributed by atoms with van der Waals surface area (Å²) in [7, 11) is 0. The molecule has 2 aromatic heterocycles. The number of aromatic nitrogens is 5. The molecule has 172 valence electrons. The standard InChI is InChI=1S/C18H14F7N5O2/c1-10(18(23,24)25)32-12-3-5-15(26-7-12)17(21,22)16(31,8-30-9-27-28-29-30)13-4-2-11(19)6-14(13)20/h2-7,9-10,31H,8H2,1H3. The maximum Gasteiger partial charge on any atom is 0.425 e. The molecule has 0 aliphatic carbocycles. The van der Waals surface area contributed by atoms with Gasteiger partial charge in [0.1, 0.15) is 29.4 Å². The van der Waals surface area contributed by atoms with Crippen molar-refractivity contribution in [1.82, 2.24) is 25.2 Å². The first-order valence-corrected chi connectivity index (χ1v) is 8.81. The van der Waals surface area contributed by atoms with Gasteiger partial charge in [-0.25, -0.2) is 13.5 Å². The van der Waals surface area contributed by atoms with Crippen LogP contribution in [-0.4, -0.2) is 42.6 Å². The Morgan fingerprint density at radius 3 is 2.34 bits per heavy atom. The lowest BCUT2D eigenvalue weighted by Crippen LogP contribution is -2.48. The third kappa shape index (κ3) is 4.49. The van der Waals surface area contributed by atoms with Crippen LogP contribution in [0.15, 0.2) is 42.9 Å². The third-order valence-corrected chi connectivity index (χ3v) is 4.51. The molecular weight excluding hydrogens is 451 g/mol. The van der Waals surface area contributed by atoms with Gasteiger partial charge in [-0.05, 0) is 41.6 Å². The van der Waals surface area contributed by atoms with E-state index in [-0.39, 0.29) is 0 Å². The van der Waals surface area contributed by atoms with Gasteiger partial charge in [0.05, 0.1) is 12.7 Å². The van der Waals surface area contributed by atoms with E-state index in [1.165, 1.54) is 0 Å². The molecule has 2 unspecified atom stereocenters. The fraction of sp³-hybridized carbons (Fsp3) is 0.333. The van der Waals surface area contributed by atoms with Gasteiger partial charge in [-0.3, -0.25) is 4.98 Å². The Kier molecular flexibility index (Phi) is 6.09. The molecule has 0 fully saturated rings. The predicted octanol–water partition coefficient (Wildman–Crippen LogP) is 3.36. The minimum Gasteiger partial charge on any atom is -0.480 e. The summed E-state index contributed by atoms with van der Waals surface area (Å²) in [4.78, 5) is 3.39. The van der Waals surface area contributed by atoms with Gasteiger partial charge in [-0.1, -0.05) is 0 Å². The number of alkyl halides is 5. The number of hydrogen-bond donors (Lipinski definition) is 1. The third-order valence-electron chi connectivity index (χ3n) is 4.51. The van der Waals surface area contributed by atoms with E-state index in [0.717, 1.165) is 12.4 Å². The number of rotatable bonds is 7. The number of halogens is 7. The fourth-order valence-electron chi connectivity index (χ4n) is 2.78. The molecule has 0 saturated heterocycles. The largest absolute Gasteiger partial charge is 0.480 e. The van der Waals surface area contributed by atoms with Gasteiger partial charge in [0.15, 0.2) is 11.7 Å². The molecule has 0 spiro atoms. The van der Waals surface area contributed by atoms with Crippen molar-refractivity contribution >= 4 is 0 Å². The van der Waals surface area contributed by atoms with Gasteiger partial charge in [0.25, 0.3) is 0 Å². The molecule has 1 N–H and O–H groups in total. The second-order valence-corrected chi connectivity index (χ2v) is 6.75. The highest BCUT2D eigenvalue weighted by Crippen LogP contribution is 2.46. The van der Waals surface area contributed by atoms with Gasteiger partial charge in [-0.15, -0.1) is 5.10 Å². The first kappa shape index (κ1) is 23.4. The van der Waals surface area contributed by atoms with Gasteiger partial charge in [-0.2, -0.15) is 22.0 Å². The van der Waals surface area contributed by atoms with Crippen molar-refractivity contribution in [3.8, 4) is 5.75 Å². The van der Waals surface area contributed by atoms with Crippen LogP contribution in [0.4, 0.5) is 30.7 Å². The van der Waals surface area contributed by atoms with E-state index in [0.29, 0.717) is 42.1 Å². The molecule has 2 atom stereocenters. The fourth-order valence-corrected chi connectivity index (χ4v) is 2.78. The van der Waals surface area contributed by atoms with Crippen LogP contribution in [0.3, 0.4) is 0 Å². The summed E-state index contributed by atoms with van der Waals surface area (Å²) in [6.45, 7) is -0.356. The van der Waals surface area contributed by atoms with Crippen molar-refractivity contribution in [3.05, 3.63) is 65.7 Å². The Bertz CT molecular complexity index is 1060. The van der Waals surface area contributed by atoms with Crippen molar-refractivity contribution < 1.29 is 40.6 Å². The molecule has 14 heteroatoms. The van der Waals surface area contributed by atoms with Crippen LogP contribution in [0.1, 0.15) is 18.2 Å². The monoisotopic (exact) mass is 465 g/mol. The Balaban J connectivity index is 2.01. The van der Waals surface area contributed by atoms with E-state index in [4.69, 9.17) is 0 Å². The molecular formula is C18H14F7N5O2. The van der Waals surface area contributed by atoms with Crippen LogP contribution in [0, 0.1) is 11.6 Å². The number of tetrazole rings is 1. The van der Waals surface area contributed by atoms with E-state index in [1.807, 2.05) is 0 Å². The highest BCUT2D eigenvalue weighted by atomic mass is 19.4. The van der Waals surface area contributed by atoms with Crippen LogP contribution >= 0.6 is 0 Å².